The van der Waals surface area contributed by atoms with Gasteiger partial charge in [-0.2, -0.15) is 0 Å². The van der Waals surface area contributed by atoms with Crippen LogP contribution >= 0.6 is 0 Å². The molecule has 2 rings (SSSR count). The number of anilines is 1. The van der Waals surface area contributed by atoms with Crippen molar-refractivity contribution in [3.8, 4) is 5.75 Å². The Morgan fingerprint density at radius 2 is 2.07 bits per heavy atom. The van der Waals surface area contributed by atoms with Gasteiger partial charge in [-0.3, -0.25) is 19.7 Å². The standard InChI is InChI=1S/C16H21N3O8S/c1-26-7-6-18(12-5-8-28(24,25)10-12)16(21)15(20)17-13-9-11(19(22)23)3-4-14(13)27-2/h3-4,9,12H,5-8,10H2,1-2H3,(H,17,20). The van der Waals surface area contributed by atoms with E-state index in [1.54, 1.807) is 0 Å². The molecule has 0 spiro atoms. The molecule has 1 aliphatic rings. The van der Waals surface area contributed by atoms with Crippen LogP contribution in [0.25, 0.3) is 0 Å². The Morgan fingerprint density at radius 1 is 1.36 bits per heavy atom. The summed E-state index contributed by atoms with van der Waals surface area (Å²) < 4.78 is 33.5. The van der Waals surface area contributed by atoms with Crippen molar-refractivity contribution in [1.29, 1.82) is 0 Å². The summed E-state index contributed by atoms with van der Waals surface area (Å²) in [6.45, 7) is 0.157. The van der Waals surface area contributed by atoms with Crippen molar-refractivity contribution in [2.24, 2.45) is 0 Å². The van der Waals surface area contributed by atoms with Gasteiger partial charge in [0.15, 0.2) is 9.84 Å². The zero-order chi connectivity index (χ0) is 20.9. The first kappa shape index (κ1) is 21.6. The van der Waals surface area contributed by atoms with Crippen LogP contribution in [0.5, 0.6) is 5.75 Å². The topological polar surface area (TPSA) is 145 Å². The first-order chi connectivity index (χ1) is 13.2. The van der Waals surface area contributed by atoms with Gasteiger partial charge in [0.25, 0.3) is 5.69 Å². The molecule has 1 N–H and O–H groups in total. The first-order valence-electron chi connectivity index (χ1n) is 8.32. The van der Waals surface area contributed by atoms with Gasteiger partial charge in [-0.1, -0.05) is 0 Å². The fraction of sp³-hybridized carbons (Fsp3) is 0.500. The van der Waals surface area contributed by atoms with Crippen molar-refractivity contribution in [3.05, 3.63) is 28.3 Å². The molecule has 0 aliphatic carbocycles. The molecule has 0 saturated carbocycles. The van der Waals surface area contributed by atoms with Crippen LogP contribution in [0.4, 0.5) is 11.4 Å². The third-order valence-electron chi connectivity index (χ3n) is 4.28. The lowest BCUT2D eigenvalue weighted by Gasteiger charge is -2.27. The van der Waals surface area contributed by atoms with Crippen molar-refractivity contribution in [1.82, 2.24) is 4.90 Å². The van der Waals surface area contributed by atoms with E-state index < -0.39 is 32.6 Å². The van der Waals surface area contributed by atoms with E-state index in [0.717, 1.165) is 11.0 Å². The largest absolute Gasteiger partial charge is 0.495 e. The lowest BCUT2D eigenvalue weighted by Crippen LogP contribution is -2.48. The number of benzene rings is 1. The second kappa shape index (κ2) is 8.97. The summed E-state index contributed by atoms with van der Waals surface area (Å²) in [6, 6.07) is 2.93. The van der Waals surface area contributed by atoms with Crippen molar-refractivity contribution >= 4 is 33.0 Å². The molecule has 1 aromatic rings. The maximum absolute atomic E-state index is 12.7. The van der Waals surface area contributed by atoms with Gasteiger partial charge in [0.2, 0.25) is 0 Å². The molecule has 1 aliphatic heterocycles. The first-order valence-corrected chi connectivity index (χ1v) is 10.1. The highest BCUT2D eigenvalue weighted by Crippen LogP contribution is 2.29. The maximum atomic E-state index is 12.7. The smallest absolute Gasteiger partial charge is 0.314 e. The number of nitro groups is 1. The van der Waals surface area contributed by atoms with Crippen LogP contribution in [0.3, 0.4) is 0 Å². The van der Waals surface area contributed by atoms with Crippen LogP contribution < -0.4 is 10.1 Å². The molecule has 0 radical (unpaired) electrons. The Labute approximate surface area is 161 Å². The van der Waals surface area contributed by atoms with Gasteiger partial charge in [-0.15, -0.1) is 0 Å². The number of carbonyl (C=O) groups is 2. The Bertz CT molecular complexity index is 871. The van der Waals surface area contributed by atoms with E-state index in [-0.39, 0.29) is 48.2 Å². The molecule has 11 nitrogen and oxygen atoms in total. The number of nitro benzene ring substituents is 1. The van der Waals surface area contributed by atoms with Crippen LogP contribution in [0, 0.1) is 10.1 Å². The minimum absolute atomic E-state index is 0.0367. The average molecular weight is 415 g/mol. The summed E-state index contributed by atoms with van der Waals surface area (Å²) in [6.07, 6.45) is 0.227. The number of nitrogens with one attached hydrogen (secondary N) is 1. The molecule has 0 bridgehead atoms. The molecular formula is C16H21N3O8S. The molecule has 1 saturated heterocycles. The zero-order valence-corrected chi connectivity index (χ0v) is 16.2. The summed E-state index contributed by atoms with van der Waals surface area (Å²) in [4.78, 5) is 36.6. The van der Waals surface area contributed by atoms with Crippen molar-refractivity contribution < 1.29 is 32.4 Å². The van der Waals surface area contributed by atoms with Crippen LogP contribution in [0.15, 0.2) is 18.2 Å². The predicted molar refractivity (Wildman–Crippen MR) is 98.9 cm³/mol. The fourth-order valence-electron chi connectivity index (χ4n) is 2.87. The fourth-order valence-corrected chi connectivity index (χ4v) is 4.60. The van der Waals surface area contributed by atoms with Gasteiger partial charge in [0.05, 0.1) is 35.8 Å². The van der Waals surface area contributed by atoms with Crippen molar-refractivity contribution in [2.45, 2.75) is 12.5 Å². The van der Waals surface area contributed by atoms with E-state index in [1.807, 2.05) is 0 Å². The second-order valence-electron chi connectivity index (χ2n) is 6.14. The monoisotopic (exact) mass is 415 g/mol. The number of sulfone groups is 1. The molecular weight excluding hydrogens is 394 g/mol. The number of ether oxygens (including phenoxy) is 2. The molecule has 2 amide bonds. The predicted octanol–water partition coefficient (Wildman–Crippen LogP) is 0.204. The Balaban J connectivity index is 2.22. The van der Waals surface area contributed by atoms with Crippen molar-refractivity contribution in [2.75, 3.05) is 44.2 Å². The molecule has 12 heteroatoms. The van der Waals surface area contributed by atoms with Crippen molar-refractivity contribution in [3.63, 3.8) is 0 Å². The number of non-ortho nitro benzene ring substituents is 1. The van der Waals surface area contributed by atoms with Crippen LogP contribution in [-0.2, 0) is 24.2 Å². The lowest BCUT2D eigenvalue weighted by molar-refractivity contribution is -0.384. The molecule has 1 heterocycles. The lowest BCUT2D eigenvalue weighted by atomic mass is 10.2. The summed E-state index contributed by atoms with van der Waals surface area (Å²) >= 11 is 0. The van der Waals surface area contributed by atoms with E-state index in [1.165, 1.54) is 26.4 Å². The number of hydrogen-bond donors (Lipinski definition) is 1. The molecule has 28 heavy (non-hydrogen) atoms. The third kappa shape index (κ3) is 5.16. The number of carbonyl (C=O) groups excluding carboxylic acids is 2. The third-order valence-corrected chi connectivity index (χ3v) is 6.03. The quantitative estimate of drug-likeness (QED) is 0.378. The number of nitrogens with zero attached hydrogens (tertiary/aromatic N) is 2. The van der Waals surface area contributed by atoms with E-state index in [2.05, 4.69) is 5.32 Å². The molecule has 1 unspecified atom stereocenters. The number of amides is 2. The molecule has 154 valence electrons. The molecule has 0 aromatic heterocycles. The van der Waals surface area contributed by atoms with E-state index in [4.69, 9.17) is 9.47 Å². The Kier molecular flexibility index (Phi) is 6.91. The molecule has 1 atom stereocenters. The van der Waals surface area contributed by atoms with Gasteiger partial charge in [-0.05, 0) is 12.5 Å². The normalized spacial score (nSPS) is 17.7. The minimum atomic E-state index is -3.27. The van der Waals surface area contributed by atoms with Crippen LogP contribution in [0.2, 0.25) is 0 Å². The molecule has 1 fully saturated rings. The van der Waals surface area contributed by atoms with Crippen LogP contribution in [-0.4, -0.2) is 75.0 Å². The second-order valence-corrected chi connectivity index (χ2v) is 8.37. The van der Waals surface area contributed by atoms with Gasteiger partial charge < -0.3 is 19.7 Å². The number of hydrogen-bond acceptors (Lipinski definition) is 8. The van der Waals surface area contributed by atoms with Gasteiger partial charge in [0, 0.05) is 31.8 Å². The highest BCUT2D eigenvalue weighted by Gasteiger charge is 2.36. The van der Waals surface area contributed by atoms with Gasteiger partial charge in [-0.25, -0.2) is 8.42 Å². The minimum Gasteiger partial charge on any atom is -0.495 e. The number of methoxy groups -OCH3 is 2. The zero-order valence-electron chi connectivity index (χ0n) is 15.4. The Hall–Kier alpha value is -2.73. The highest BCUT2D eigenvalue weighted by atomic mass is 32.2. The van der Waals surface area contributed by atoms with Crippen LogP contribution in [0.1, 0.15) is 6.42 Å². The Morgan fingerprint density at radius 3 is 2.61 bits per heavy atom. The maximum Gasteiger partial charge on any atom is 0.314 e. The molecule has 1 aromatic carbocycles. The summed E-state index contributed by atoms with van der Waals surface area (Å²) in [5.74, 6) is -2.16. The summed E-state index contributed by atoms with van der Waals surface area (Å²) in [5.41, 5.74) is -0.331. The number of rotatable bonds is 7. The summed E-state index contributed by atoms with van der Waals surface area (Å²) in [5, 5.41) is 13.2. The SMILES string of the molecule is COCCN(C(=O)C(=O)Nc1cc([N+](=O)[O-])ccc1OC)C1CCS(=O)(=O)C1. The highest BCUT2D eigenvalue weighted by molar-refractivity contribution is 7.91. The van der Waals surface area contributed by atoms with Gasteiger partial charge in [0.1, 0.15) is 5.75 Å². The summed E-state index contributed by atoms with van der Waals surface area (Å²) in [7, 11) is -0.540. The van der Waals surface area contributed by atoms with E-state index in [9.17, 15) is 28.1 Å². The van der Waals surface area contributed by atoms with E-state index >= 15 is 0 Å². The van der Waals surface area contributed by atoms with Gasteiger partial charge >= 0.3 is 11.8 Å². The van der Waals surface area contributed by atoms with E-state index in [0.29, 0.717) is 0 Å². The average Bonchev–Trinajstić information content (AvgIpc) is 3.01.